The summed E-state index contributed by atoms with van der Waals surface area (Å²) in [4.78, 5) is 11.7. The fourth-order valence-corrected chi connectivity index (χ4v) is 1.69. The third kappa shape index (κ3) is 3.42. The number of carbonyl (C=O) groups excluding carboxylic acids is 1. The first-order valence-electron chi connectivity index (χ1n) is 5.92. The van der Waals surface area contributed by atoms with E-state index < -0.39 is 17.8 Å². The van der Waals surface area contributed by atoms with Crippen LogP contribution in [0.2, 0.25) is 0 Å². The van der Waals surface area contributed by atoms with Crippen molar-refractivity contribution < 1.29 is 18.7 Å². The van der Waals surface area contributed by atoms with Gasteiger partial charge in [0.05, 0.1) is 11.8 Å². The first-order chi connectivity index (χ1) is 9.18. The lowest BCUT2D eigenvalue weighted by atomic mass is 10.2. The van der Waals surface area contributed by atoms with Crippen LogP contribution in [0, 0.1) is 5.82 Å². The molecule has 2 rings (SSSR count). The average Bonchev–Trinajstić information content (AvgIpc) is 2.93. The van der Waals surface area contributed by atoms with Crippen LogP contribution in [0.3, 0.4) is 0 Å². The summed E-state index contributed by atoms with van der Waals surface area (Å²) in [5.41, 5.74) is -0.00464. The van der Waals surface area contributed by atoms with Crippen molar-refractivity contribution >= 4 is 5.91 Å². The van der Waals surface area contributed by atoms with Gasteiger partial charge in [-0.3, -0.25) is 4.79 Å². The van der Waals surface area contributed by atoms with Gasteiger partial charge in [0.2, 0.25) is 0 Å². The van der Waals surface area contributed by atoms with E-state index in [0.717, 1.165) is 0 Å². The maximum atomic E-state index is 13.3. The van der Waals surface area contributed by atoms with Gasteiger partial charge in [-0.05, 0) is 30.7 Å². The Morgan fingerprint density at radius 2 is 2.11 bits per heavy atom. The quantitative estimate of drug-likeness (QED) is 0.869. The Morgan fingerprint density at radius 1 is 1.32 bits per heavy atom. The largest absolute Gasteiger partial charge is 0.467 e. The number of aliphatic hydroxyl groups excluding tert-OH is 1. The van der Waals surface area contributed by atoms with Crippen molar-refractivity contribution in [3.05, 3.63) is 59.8 Å². The minimum absolute atomic E-state index is 0.00464. The van der Waals surface area contributed by atoms with Gasteiger partial charge >= 0.3 is 0 Å². The molecule has 0 spiro atoms. The van der Waals surface area contributed by atoms with Crippen LogP contribution in [0.15, 0.2) is 47.1 Å². The molecule has 1 unspecified atom stereocenters. The van der Waals surface area contributed by atoms with Crippen molar-refractivity contribution in [1.82, 2.24) is 5.32 Å². The molecule has 0 fully saturated rings. The number of amides is 1. The van der Waals surface area contributed by atoms with Crippen molar-refractivity contribution in [3.63, 3.8) is 0 Å². The molecule has 1 heterocycles. The molecule has 1 aromatic heterocycles. The molecule has 1 amide bonds. The molecule has 0 bridgehead atoms. The Hall–Kier alpha value is -2.14. The summed E-state index contributed by atoms with van der Waals surface area (Å²) < 4.78 is 18.4. The molecule has 0 aliphatic heterocycles. The zero-order valence-corrected chi connectivity index (χ0v) is 10.2. The third-order valence-corrected chi connectivity index (χ3v) is 2.69. The number of rotatable bonds is 5. The van der Waals surface area contributed by atoms with Crippen LogP contribution in [0.1, 0.15) is 28.6 Å². The molecule has 0 aliphatic carbocycles. The highest BCUT2D eigenvalue weighted by molar-refractivity contribution is 5.94. The van der Waals surface area contributed by atoms with Gasteiger partial charge in [0.1, 0.15) is 17.7 Å². The summed E-state index contributed by atoms with van der Waals surface area (Å²) >= 11 is 0. The maximum absolute atomic E-state index is 13.3. The molecule has 100 valence electrons. The summed E-state index contributed by atoms with van der Waals surface area (Å²) in [5.74, 6) is -0.614. The molecule has 0 aliphatic rings. The summed E-state index contributed by atoms with van der Waals surface area (Å²) in [6.45, 7) is 0.231. The van der Waals surface area contributed by atoms with Gasteiger partial charge < -0.3 is 14.8 Å². The molecule has 0 saturated heterocycles. The van der Waals surface area contributed by atoms with Crippen molar-refractivity contribution in [2.75, 3.05) is 6.54 Å². The van der Waals surface area contributed by atoms with Crippen molar-refractivity contribution in [2.24, 2.45) is 0 Å². The minimum atomic E-state index is -0.782. The van der Waals surface area contributed by atoms with Crippen LogP contribution < -0.4 is 5.32 Å². The summed E-state index contributed by atoms with van der Waals surface area (Å²) in [5, 5.41) is 12.3. The van der Waals surface area contributed by atoms with E-state index in [9.17, 15) is 14.3 Å². The molecule has 1 atom stereocenters. The third-order valence-electron chi connectivity index (χ3n) is 2.69. The Kier molecular flexibility index (Phi) is 4.30. The number of hydrogen-bond acceptors (Lipinski definition) is 3. The number of carbonyl (C=O) groups is 1. The SMILES string of the molecule is O=C(NCCC(O)c1ccco1)c1ccccc1F. The van der Waals surface area contributed by atoms with Crippen LogP contribution in [0.5, 0.6) is 0 Å². The molecular formula is C14H14FNO3. The van der Waals surface area contributed by atoms with E-state index in [-0.39, 0.29) is 12.1 Å². The minimum Gasteiger partial charge on any atom is -0.467 e. The maximum Gasteiger partial charge on any atom is 0.254 e. The number of benzene rings is 1. The number of hydrogen-bond donors (Lipinski definition) is 2. The summed E-state index contributed by atoms with van der Waals surface area (Å²) in [6, 6.07) is 9.09. The fourth-order valence-electron chi connectivity index (χ4n) is 1.69. The van der Waals surface area contributed by atoms with E-state index >= 15 is 0 Å². The van der Waals surface area contributed by atoms with E-state index in [4.69, 9.17) is 4.42 Å². The number of aliphatic hydroxyl groups is 1. The van der Waals surface area contributed by atoms with E-state index in [1.54, 1.807) is 18.2 Å². The molecular weight excluding hydrogens is 249 g/mol. The Bertz CT molecular complexity index is 539. The van der Waals surface area contributed by atoms with E-state index in [1.807, 2.05) is 0 Å². The van der Waals surface area contributed by atoms with E-state index in [2.05, 4.69) is 5.32 Å². The second-order valence-electron chi connectivity index (χ2n) is 4.06. The van der Waals surface area contributed by atoms with Crippen molar-refractivity contribution in [1.29, 1.82) is 0 Å². The lowest BCUT2D eigenvalue weighted by Crippen LogP contribution is -2.26. The zero-order chi connectivity index (χ0) is 13.7. The topological polar surface area (TPSA) is 62.5 Å². The van der Waals surface area contributed by atoms with Crippen LogP contribution in [0.4, 0.5) is 4.39 Å². The van der Waals surface area contributed by atoms with E-state index in [0.29, 0.717) is 12.2 Å². The summed E-state index contributed by atoms with van der Waals surface area (Å²) in [6.07, 6.45) is 0.986. The highest BCUT2D eigenvalue weighted by Crippen LogP contribution is 2.16. The molecule has 19 heavy (non-hydrogen) atoms. The first kappa shape index (κ1) is 13.3. The standard InChI is InChI=1S/C14H14FNO3/c15-11-5-2-1-4-10(11)14(18)16-8-7-12(17)13-6-3-9-19-13/h1-6,9,12,17H,7-8H2,(H,16,18). The van der Waals surface area contributed by atoms with Gasteiger partial charge in [0, 0.05) is 6.54 Å². The predicted molar refractivity (Wildman–Crippen MR) is 67.0 cm³/mol. The number of furan rings is 1. The molecule has 0 saturated carbocycles. The monoisotopic (exact) mass is 263 g/mol. The van der Waals surface area contributed by atoms with Gasteiger partial charge in [-0.1, -0.05) is 12.1 Å². The molecule has 2 N–H and O–H groups in total. The first-order valence-corrected chi connectivity index (χ1v) is 5.92. The number of nitrogens with one attached hydrogen (secondary N) is 1. The average molecular weight is 263 g/mol. The van der Waals surface area contributed by atoms with Crippen LogP contribution >= 0.6 is 0 Å². The Labute approximate surface area is 109 Å². The van der Waals surface area contributed by atoms with Crippen molar-refractivity contribution in [2.45, 2.75) is 12.5 Å². The van der Waals surface area contributed by atoms with Crippen LogP contribution in [-0.4, -0.2) is 17.6 Å². The van der Waals surface area contributed by atoms with Crippen LogP contribution in [-0.2, 0) is 0 Å². The van der Waals surface area contributed by atoms with Gasteiger partial charge in [-0.2, -0.15) is 0 Å². The molecule has 4 nitrogen and oxygen atoms in total. The molecule has 1 aromatic carbocycles. The van der Waals surface area contributed by atoms with E-state index in [1.165, 1.54) is 24.5 Å². The highest BCUT2D eigenvalue weighted by Gasteiger charge is 2.13. The Balaban J connectivity index is 1.83. The lowest BCUT2D eigenvalue weighted by Gasteiger charge is -2.09. The van der Waals surface area contributed by atoms with Crippen molar-refractivity contribution in [3.8, 4) is 0 Å². The summed E-state index contributed by atoms with van der Waals surface area (Å²) in [7, 11) is 0. The van der Waals surface area contributed by atoms with Gasteiger partial charge in [-0.25, -0.2) is 4.39 Å². The molecule has 0 radical (unpaired) electrons. The highest BCUT2D eigenvalue weighted by atomic mass is 19.1. The van der Waals surface area contributed by atoms with Crippen LogP contribution in [0.25, 0.3) is 0 Å². The van der Waals surface area contributed by atoms with Gasteiger partial charge in [0.15, 0.2) is 0 Å². The van der Waals surface area contributed by atoms with Gasteiger partial charge in [-0.15, -0.1) is 0 Å². The number of halogens is 1. The molecule has 2 aromatic rings. The predicted octanol–water partition coefficient (Wildman–Crippen LogP) is 2.27. The smallest absolute Gasteiger partial charge is 0.254 e. The second kappa shape index (κ2) is 6.15. The zero-order valence-electron chi connectivity index (χ0n) is 10.2. The normalized spacial score (nSPS) is 12.1. The molecule has 5 heteroatoms. The lowest BCUT2D eigenvalue weighted by molar-refractivity contribution is 0.0932. The van der Waals surface area contributed by atoms with Gasteiger partial charge in [0.25, 0.3) is 5.91 Å². The Morgan fingerprint density at radius 3 is 2.79 bits per heavy atom. The fraction of sp³-hybridized carbons (Fsp3) is 0.214. The second-order valence-corrected chi connectivity index (χ2v) is 4.06.